The molecular weight excluding hydrogens is 339 g/mol. The van der Waals surface area contributed by atoms with Gasteiger partial charge in [0.05, 0.1) is 0 Å². The normalized spacial score (nSPS) is 30.1. The number of hydrogen-bond donors (Lipinski definition) is 2. The lowest BCUT2D eigenvalue weighted by molar-refractivity contribution is 1.06. The number of halogens is 1. The highest BCUT2D eigenvalue weighted by molar-refractivity contribution is 14.1. The van der Waals surface area contributed by atoms with Crippen molar-refractivity contribution in [3.05, 3.63) is 0 Å². The molecule has 1 fully saturated rings. The van der Waals surface area contributed by atoms with Gasteiger partial charge in [0.1, 0.15) is 0 Å². The van der Waals surface area contributed by atoms with Gasteiger partial charge < -0.3 is 0 Å². The number of thiol groups is 2. The van der Waals surface area contributed by atoms with Crippen LogP contribution < -0.4 is 0 Å². The van der Waals surface area contributed by atoms with E-state index in [1.54, 1.807) is 0 Å². The Morgan fingerprint density at radius 1 is 1.33 bits per heavy atom. The number of alkyl halides is 1. The SMILES string of the molecule is SCC1CSC(CS)CS1.[2H]CI. The van der Waals surface area contributed by atoms with Gasteiger partial charge in [-0.1, -0.05) is 22.6 Å². The molecule has 0 nitrogen and oxygen atoms in total. The minimum atomic E-state index is 0.470. The fourth-order valence-electron chi connectivity index (χ4n) is 0.794. The third-order valence-electron chi connectivity index (χ3n) is 1.44. The van der Waals surface area contributed by atoms with Crippen LogP contribution >= 0.6 is 71.4 Å². The van der Waals surface area contributed by atoms with Gasteiger partial charge in [0, 0.05) is 34.9 Å². The van der Waals surface area contributed by atoms with Crippen LogP contribution in [0.15, 0.2) is 0 Å². The maximum atomic E-state index is 6.20. The number of hydrogen-bond acceptors (Lipinski definition) is 4. The molecule has 5 heteroatoms. The standard InChI is InChI=1S/C6H12S4.CH3I/c7-1-5-3-10-6(2-8)4-9-5;1-2/h5-8H,1-4H2;1H3/i;1D. The fourth-order valence-corrected chi connectivity index (χ4v) is 4.70. The molecule has 0 N–H and O–H groups in total. The molecule has 1 rings (SSSR count). The van der Waals surface area contributed by atoms with E-state index in [0.717, 1.165) is 22.0 Å². The molecule has 1 aliphatic heterocycles. The van der Waals surface area contributed by atoms with E-state index in [9.17, 15) is 0 Å². The topological polar surface area (TPSA) is 0 Å². The van der Waals surface area contributed by atoms with Gasteiger partial charge >= 0.3 is 0 Å². The molecule has 12 heavy (non-hydrogen) atoms. The lowest BCUT2D eigenvalue weighted by atomic mass is 10.5. The van der Waals surface area contributed by atoms with Crippen molar-refractivity contribution >= 4 is 71.4 Å². The molecule has 2 atom stereocenters. The molecule has 1 aliphatic rings. The molecule has 1 saturated heterocycles. The van der Waals surface area contributed by atoms with E-state index in [-0.39, 0.29) is 0 Å². The second-order valence-electron chi connectivity index (χ2n) is 2.28. The van der Waals surface area contributed by atoms with E-state index in [1.165, 1.54) is 11.5 Å². The van der Waals surface area contributed by atoms with Gasteiger partial charge in [0.25, 0.3) is 0 Å². The summed E-state index contributed by atoms with van der Waals surface area (Å²) in [7, 11) is 0. The van der Waals surface area contributed by atoms with Gasteiger partial charge in [0.15, 0.2) is 0 Å². The van der Waals surface area contributed by atoms with Crippen molar-refractivity contribution in [2.75, 3.05) is 27.9 Å². The first-order chi connectivity index (χ1) is 6.28. The van der Waals surface area contributed by atoms with Gasteiger partial charge in [-0.25, -0.2) is 0 Å². The molecule has 0 spiro atoms. The average molecular weight is 355 g/mol. The summed E-state index contributed by atoms with van der Waals surface area (Å²) < 4.78 is 6.20. The predicted molar refractivity (Wildman–Crippen MR) is 80.1 cm³/mol. The summed E-state index contributed by atoms with van der Waals surface area (Å²) in [6, 6.07) is 0. The molecule has 0 aliphatic carbocycles. The Morgan fingerprint density at radius 2 is 1.67 bits per heavy atom. The second-order valence-corrected chi connectivity index (χ2v) is 5.67. The van der Waals surface area contributed by atoms with Crippen molar-refractivity contribution in [2.24, 2.45) is 0 Å². The lowest BCUT2D eigenvalue weighted by Crippen LogP contribution is -2.23. The van der Waals surface area contributed by atoms with Crippen molar-refractivity contribution in [3.8, 4) is 0 Å². The Labute approximate surface area is 110 Å². The van der Waals surface area contributed by atoms with E-state index < -0.39 is 0 Å². The Balaban J connectivity index is 0.000000424. The third kappa shape index (κ3) is 5.78. The Bertz CT molecular complexity index is 96.7. The summed E-state index contributed by atoms with van der Waals surface area (Å²) in [6.45, 7) is 0. The summed E-state index contributed by atoms with van der Waals surface area (Å²) in [4.78, 5) is 0.470. The van der Waals surface area contributed by atoms with Crippen LogP contribution in [0.25, 0.3) is 0 Å². The lowest BCUT2D eigenvalue weighted by Gasteiger charge is -2.25. The van der Waals surface area contributed by atoms with Gasteiger partial charge in [-0.3, -0.25) is 0 Å². The van der Waals surface area contributed by atoms with Crippen LogP contribution in [0, 0.1) is 0 Å². The molecule has 0 saturated carbocycles. The largest absolute Gasteiger partial charge is 0.178 e. The van der Waals surface area contributed by atoms with Crippen molar-refractivity contribution < 1.29 is 1.37 Å². The monoisotopic (exact) mass is 355 g/mol. The van der Waals surface area contributed by atoms with Gasteiger partial charge in [-0.2, -0.15) is 48.8 Å². The van der Waals surface area contributed by atoms with E-state index in [1.807, 2.05) is 46.1 Å². The quantitative estimate of drug-likeness (QED) is 0.444. The van der Waals surface area contributed by atoms with Gasteiger partial charge in [0.2, 0.25) is 0 Å². The van der Waals surface area contributed by atoms with Crippen LogP contribution in [0.1, 0.15) is 1.37 Å². The summed E-state index contributed by atoms with van der Waals surface area (Å²) in [5.41, 5.74) is 0. The molecule has 0 bridgehead atoms. The van der Waals surface area contributed by atoms with E-state index in [2.05, 4.69) is 25.3 Å². The molecule has 1 heterocycles. The summed E-state index contributed by atoms with van der Waals surface area (Å²) in [5, 5.41) is 1.56. The number of thioether (sulfide) groups is 2. The molecule has 0 amide bonds. The van der Waals surface area contributed by atoms with Crippen molar-refractivity contribution in [2.45, 2.75) is 10.5 Å². The highest BCUT2D eigenvalue weighted by Gasteiger charge is 2.19. The highest BCUT2D eigenvalue weighted by Crippen LogP contribution is 2.30. The maximum absolute atomic E-state index is 6.20. The predicted octanol–water partition coefficient (Wildman–Crippen LogP) is 3.11. The summed E-state index contributed by atoms with van der Waals surface area (Å²) in [6.07, 6.45) is 0. The van der Waals surface area contributed by atoms with Crippen LogP contribution in [0.3, 0.4) is 0 Å². The Morgan fingerprint density at radius 3 is 1.83 bits per heavy atom. The third-order valence-corrected chi connectivity index (χ3v) is 6.04. The van der Waals surface area contributed by atoms with Gasteiger partial charge in [-0.05, 0) is 4.91 Å². The number of rotatable bonds is 2. The van der Waals surface area contributed by atoms with Crippen molar-refractivity contribution in [1.82, 2.24) is 0 Å². The molecule has 2 unspecified atom stereocenters. The average Bonchev–Trinajstić information content (AvgIpc) is 2.19. The van der Waals surface area contributed by atoms with Crippen LogP contribution in [0.2, 0.25) is 0 Å². The Hall–Kier alpha value is 2.13. The molecule has 74 valence electrons. The molecule has 0 radical (unpaired) electrons. The zero-order chi connectivity index (χ0) is 10.1. The van der Waals surface area contributed by atoms with Crippen LogP contribution in [0.5, 0.6) is 0 Å². The first-order valence-corrected chi connectivity index (χ1v) is 8.47. The van der Waals surface area contributed by atoms with Crippen molar-refractivity contribution in [1.29, 1.82) is 0 Å². The first-order valence-electron chi connectivity index (χ1n) is 4.29. The molecular formula is C7H15IS4. The van der Waals surface area contributed by atoms with Crippen molar-refractivity contribution in [3.63, 3.8) is 0 Å². The van der Waals surface area contributed by atoms with Crippen LogP contribution in [-0.2, 0) is 0 Å². The summed E-state index contributed by atoms with van der Waals surface area (Å²) >= 11 is 14.6. The molecule has 0 aromatic heterocycles. The molecule has 0 aromatic rings. The second kappa shape index (κ2) is 9.68. The minimum absolute atomic E-state index is 0.470. The maximum Gasteiger partial charge on any atom is 0.0341 e. The first kappa shape index (κ1) is 12.2. The molecule has 0 aromatic carbocycles. The highest BCUT2D eigenvalue weighted by atomic mass is 127. The van der Waals surface area contributed by atoms with E-state index in [4.69, 9.17) is 1.37 Å². The van der Waals surface area contributed by atoms with Crippen LogP contribution in [0.4, 0.5) is 0 Å². The van der Waals surface area contributed by atoms with E-state index >= 15 is 0 Å². The summed E-state index contributed by atoms with van der Waals surface area (Å²) in [5.74, 6) is 4.58. The van der Waals surface area contributed by atoms with Crippen LogP contribution in [-0.4, -0.2) is 38.4 Å². The smallest absolute Gasteiger partial charge is 0.0341 e. The Kier molecular flexibility index (Phi) is 9.84. The zero-order valence-corrected chi connectivity index (χ0v) is 12.4. The minimum Gasteiger partial charge on any atom is -0.178 e. The zero-order valence-electron chi connectivity index (χ0n) is 7.78. The van der Waals surface area contributed by atoms with Gasteiger partial charge in [-0.15, -0.1) is 0 Å². The fraction of sp³-hybridized carbons (Fsp3) is 1.00. The van der Waals surface area contributed by atoms with E-state index in [0.29, 0.717) is 4.91 Å².